The first-order chi connectivity index (χ1) is 11.6. The fourth-order valence-electron chi connectivity index (χ4n) is 2.48. The van der Waals surface area contributed by atoms with Gasteiger partial charge in [0, 0.05) is 42.5 Å². The molecule has 1 N–H and O–H groups in total. The van der Waals surface area contributed by atoms with E-state index in [1.807, 2.05) is 26.0 Å². The van der Waals surface area contributed by atoms with Crippen molar-refractivity contribution in [2.75, 3.05) is 13.1 Å². The molecule has 1 fully saturated rings. The van der Waals surface area contributed by atoms with Gasteiger partial charge in [0.15, 0.2) is 0 Å². The molecule has 0 bridgehead atoms. The fraction of sp³-hybridized carbons (Fsp3) is 0.375. The van der Waals surface area contributed by atoms with Crippen molar-refractivity contribution in [3.8, 4) is 10.6 Å². The van der Waals surface area contributed by atoms with Gasteiger partial charge in [-0.05, 0) is 32.4 Å². The summed E-state index contributed by atoms with van der Waals surface area (Å²) in [6.07, 6.45) is 4.17. The highest BCUT2D eigenvalue weighted by atomic mass is 32.1. The summed E-state index contributed by atoms with van der Waals surface area (Å²) in [5, 5.41) is 8.22. The van der Waals surface area contributed by atoms with Crippen molar-refractivity contribution in [3.63, 3.8) is 0 Å². The number of carbonyl (C=O) groups excluding carboxylic acids is 2. The van der Waals surface area contributed by atoms with Crippen molar-refractivity contribution < 1.29 is 9.59 Å². The topological polar surface area (TPSA) is 78.4 Å². The lowest BCUT2D eigenvalue weighted by molar-refractivity contribution is 0.0368. The predicted octanol–water partition coefficient (Wildman–Crippen LogP) is 2.39. The average molecular weight is 345 g/mol. The smallest absolute Gasteiger partial charge is 0.334 e. The number of nitrogens with one attached hydrogen (secondary N) is 1. The number of pyridine rings is 1. The second-order valence-corrected chi connectivity index (χ2v) is 6.65. The molecule has 2 aromatic rings. The standard InChI is InChI=1S/C16H19N5O2S/c1-11(2)18-16(23)21-8-4-7-20(21)15(22)13-10-24-14(19-13)12-5-3-6-17-9-12/h3,5-6,9-11H,4,7-8H2,1-2H3,(H,18,23). The molecule has 0 radical (unpaired) electrons. The molecule has 7 nitrogen and oxygen atoms in total. The van der Waals surface area contributed by atoms with Gasteiger partial charge in [0.2, 0.25) is 0 Å². The molecule has 3 rings (SSSR count). The first-order valence-electron chi connectivity index (χ1n) is 7.82. The number of hydrogen-bond acceptors (Lipinski definition) is 5. The van der Waals surface area contributed by atoms with E-state index in [1.165, 1.54) is 21.4 Å². The molecular weight excluding hydrogens is 326 g/mol. The molecule has 3 heterocycles. The van der Waals surface area contributed by atoms with E-state index in [4.69, 9.17) is 0 Å². The highest BCUT2D eigenvalue weighted by Crippen LogP contribution is 2.24. The Balaban J connectivity index is 1.76. The Labute approximate surface area is 144 Å². The molecule has 2 aromatic heterocycles. The highest BCUT2D eigenvalue weighted by molar-refractivity contribution is 7.13. The van der Waals surface area contributed by atoms with E-state index >= 15 is 0 Å². The summed E-state index contributed by atoms with van der Waals surface area (Å²) in [6, 6.07) is 3.50. The van der Waals surface area contributed by atoms with Crippen LogP contribution in [0.2, 0.25) is 0 Å². The quantitative estimate of drug-likeness (QED) is 0.926. The Bertz CT molecular complexity index is 731. The number of nitrogens with zero attached hydrogens (tertiary/aromatic N) is 4. The van der Waals surface area contributed by atoms with E-state index in [-0.39, 0.29) is 18.0 Å². The predicted molar refractivity (Wildman–Crippen MR) is 91.4 cm³/mol. The molecule has 1 aliphatic rings. The van der Waals surface area contributed by atoms with Crippen LogP contribution in [0.3, 0.4) is 0 Å². The molecule has 1 aliphatic heterocycles. The first-order valence-corrected chi connectivity index (χ1v) is 8.70. The average Bonchev–Trinajstić information content (AvgIpc) is 3.24. The van der Waals surface area contributed by atoms with Crippen molar-refractivity contribution in [1.29, 1.82) is 0 Å². The summed E-state index contributed by atoms with van der Waals surface area (Å²) in [6.45, 7) is 4.83. The zero-order valence-corrected chi connectivity index (χ0v) is 14.4. The van der Waals surface area contributed by atoms with Crippen LogP contribution in [0, 0.1) is 0 Å². The van der Waals surface area contributed by atoms with Gasteiger partial charge in [-0.25, -0.2) is 19.8 Å². The van der Waals surface area contributed by atoms with E-state index in [0.29, 0.717) is 18.8 Å². The van der Waals surface area contributed by atoms with E-state index in [0.717, 1.165) is 17.0 Å². The minimum atomic E-state index is -0.252. The molecule has 0 spiro atoms. The molecule has 0 aliphatic carbocycles. The van der Waals surface area contributed by atoms with Crippen LogP contribution in [0.4, 0.5) is 4.79 Å². The van der Waals surface area contributed by atoms with Crippen LogP contribution in [0.1, 0.15) is 30.8 Å². The molecule has 0 aromatic carbocycles. The molecule has 126 valence electrons. The van der Waals surface area contributed by atoms with Crippen molar-refractivity contribution in [2.45, 2.75) is 26.3 Å². The van der Waals surface area contributed by atoms with Crippen LogP contribution >= 0.6 is 11.3 Å². The van der Waals surface area contributed by atoms with E-state index in [9.17, 15) is 9.59 Å². The third kappa shape index (κ3) is 3.38. The molecule has 3 amide bonds. The Morgan fingerprint density at radius 3 is 2.79 bits per heavy atom. The first kappa shape index (κ1) is 16.4. The van der Waals surface area contributed by atoms with Crippen LogP contribution < -0.4 is 5.32 Å². The molecule has 0 saturated carbocycles. The lowest BCUT2D eigenvalue weighted by atomic mass is 10.3. The minimum Gasteiger partial charge on any atom is -0.334 e. The van der Waals surface area contributed by atoms with Crippen molar-refractivity contribution in [2.24, 2.45) is 0 Å². The Kier molecular flexibility index (Phi) is 4.75. The third-order valence-corrected chi connectivity index (χ3v) is 4.44. The molecular formula is C16H19N5O2S. The van der Waals surface area contributed by atoms with Crippen LogP contribution in [0.15, 0.2) is 29.9 Å². The SMILES string of the molecule is CC(C)NC(=O)N1CCCN1C(=O)c1csc(-c2cccnc2)n1. The van der Waals surface area contributed by atoms with Crippen LogP contribution in [0.25, 0.3) is 10.6 Å². The summed E-state index contributed by atoms with van der Waals surface area (Å²) in [5.74, 6) is -0.252. The second-order valence-electron chi connectivity index (χ2n) is 5.79. The van der Waals surface area contributed by atoms with Crippen molar-refractivity contribution >= 4 is 23.3 Å². The Morgan fingerprint density at radius 2 is 2.08 bits per heavy atom. The summed E-state index contributed by atoms with van der Waals surface area (Å²) in [5.41, 5.74) is 1.22. The number of thiazole rings is 1. The van der Waals surface area contributed by atoms with Gasteiger partial charge in [0.05, 0.1) is 0 Å². The summed E-state index contributed by atoms with van der Waals surface area (Å²) in [7, 11) is 0. The van der Waals surface area contributed by atoms with Crippen molar-refractivity contribution in [3.05, 3.63) is 35.6 Å². The van der Waals surface area contributed by atoms with Crippen LogP contribution in [0.5, 0.6) is 0 Å². The van der Waals surface area contributed by atoms with E-state index in [2.05, 4.69) is 15.3 Å². The van der Waals surface area contributed by atoms with E-state index in [1.54, 1.807) is 17.8 Å². The van der Waals surface area contributed by atoms with Gasteiger partial charge in [-0.3, -0.25) is 9.78 Å². The number of rotatable bonds is 3. The monoisotopic (exact) mass is 345 g/mol. The lowest BCUT2D eigenvalue weighted by Crippen LogP contribution is -2.50. The number of aromatic nitrogens is 2. The van der Waals surface area contributed by atoms with Gasteiger partial charge in [-0.15, -0.1) is 11.3 Å². The maximum Gasteiger partial charge on any atom is 0.336 e. The number of hydrogen-bond donors (Lipinski definition) is 1. The van der Waals surface area contributed by atoms with Gasteiger partial charge in [0.1, 0.15) is 10.7 Å². The maximum absolute atomic E-state index is 12.7. The number of carbonyl (C=O) groups is 2. The van der Waals surface area contributed by atoms with E-state index < -0.39 is 0 Å². The second kappa shape index (κ2) is 6.96. The largest absolute Gasteiger partial charge is 0.336 e. The Morgan fingerprint density at radius 1 is 1.29 bits per heavy atom. The third-order valence-electron chi connectivity index (χ3n) is 3.54. The van der Waals surface area contributed by atoms with Crippen LogP contribution in [-0.4, -0.2) is 51.1 Å². The highest BCUT2D eigenvalue weighted by Gasteiger charge is 2.32. The summed E-state index contributed by atoms with van der Waals surface area (Å²) >= 11 is 1.39. The van der Waals surface area contributed by atoms with Gasteiger partial charge < -0.3 is 5.32 Å². The summed E-state index contributed by atoms with van der Waals surface area (Å²) in [4.78, 5) is 33.4. The van der Waals surface area contributed by atoms with Gasteiger partial charge in [-0.2, -0.15) is 0 Å². The Hall–Kier alpha value is -2.48. The van der Waals surface area contributed by atoms with Gasteiger partial charge >= 0.3 is 6.03 Å². The normalized spacial score (nSPS) is 14.3. The zero-order chi connectivity index (χ0) is 17.1. The minimum absolute atomic E-state index is 0.0199. The lowest BCUT2D eigenvalue weighted by Gasteiger charge is -2.28. The molecule has 24 heavy (non-hydrogen) atoms. The molecule has 0 unspecified atom stereocenters. The molecule has 1 saturated heterocycles. The number of hydrazine groups is 1. The van der Waals surface area contributed by atoms with Crippen molar-refractivity contribution in [1.82, 2.24) is 25.3 Å². The summed E-state index contributed by atoms with van der Waals surface area (Å²) < 4.78 is 0. The zero-order valence-electron chi connectivity index (χ0n) is 13.6. The van der Waals surface area contributed by atoms with Gasteiger partial charge in [-0.1, -0.05) is 0 Å². The molecule has 8 heteroatoms. The number of amides is 3. The molecule has 0 atom stereocenters. The number of urea groups is 1. The maximum atomic E-state index is 12.7. The van der Waals surface area contributed by atoms with Gasteiger partial charge in [0.25, 0.3) is 5.91 Å². The van der Waals surface area contributed by atoms with Crippen LogP contribution in [-0.2, 0) is 0 Å². The fourth-order valence-corrected chi connectivity index (χ4v) is 3.27.